The van der Waals surface area contributed by atoms with Gasteiger partial charge in [-0.25, -0.2) is 0 Å². The van der Waals surface area contributed by atoms with Crippen LogP contribution in [0.15, 0.2) is 35.3 Å². The van der Waals surface area contributed by atoms with Gasteiger partial charge < -0.3 is 15.4 Å². The van der Waals surface area contributed by atoms with E-state index >= 15 is 0 Å². The Hall–Kier alpha value is -1.55. The molecule has 1 atom stereocenters. The molecule has 0 saturated heterocycles. The Bertz CT molecular complexity index is 371. The van der Waals surface area contributed by atoms with E-state index in [-0.39, 0.29) is 0 Å². The van der Waals surface area contributed by atoms with E-state index in [1.165, 1.54) is 5.56 Å². The molecule has 0 fully saturated rings. The summed E-state index contributed by atoms with van der Waals surface area (Å²) in [5.41, 5.74) is 1.21. The average molecular weight is 277 g/mol. The maximum Gasteiger partial charge on any atom is 0.191 e. The molecular formula is C16H27N3O. The van der Waals surface area contributed by atoms with Crippen molar-refractivity contribution in [3.63, 3.8) is 0 Å². The molecule has 0 aliphatic carbocycles. The summed E-state index contributed by atoms with van der Waals surface area (Å²) in [5, 5.41) is 6.44. The molecule has 0 aromatic heterocycles. The Balaban J connectivity index is 2.25. The Morgan fingerprint density at radius 3 is 2.40 bits per heavy atom. The van der Waals surface area contributed by atoms with Crippen molar-refractivity contribution in [3.8, 4) is 0 Å². The summed E-state index contributed by atoms with van der Waals surface area (Å²) in [5.74, 6) is 1.29. The van der Waals surface area contributed by atoms with Crippen LogP contribution in [0, 0.1) is 5.92 Å². The van der Waals surface area contributed by atoms with Crippen molar-refractivity contribution in [1.29, 1.82) is 0 Å². The van der Waals surface area contributed by atoms with E-state index in [2.05, 4.69) is 48.5 Å². The van der Waals surface area contributed by atoms with Gasteiger partial charge in [0, 0.05) is 19.6 Å². The van der Waals surface area contributed by atoms with Crippen molar-refractivity contribution in [2.24, 2.45) is 10.9 Å². The van der Waals surface area contributed by atoms with E-state index < -0.39 is 0 Å². The van der Waals surface area contributed by atoms with Crippen molar-refractivity contribution in [1.82, 2.24) is 10.6 Å². The van der Waals surface area contributed by atoms with Crippen LogP contribution in [0.2, 0.25) is 0 Å². The largest absolute Gasteiger partial charge is 0.376 e. The molecule has 1 aromatic rings. The lowest BCUT2D eigenvalue weighted by Crippen LogP contribution is -2.37. The molecule has 0 saturated carbocycles. The number of ether oxygens (including phenoxy) is 1. The van der Waals surface area contributed by atoms with Crippen LogP contribution in [0.4, 0.5) is 0 Å². The number of aliphatic imine (C=N–C) groups is 1. The van der Waals surface area contributed by atoms with Crippen LogP contribution in [0.25, 0.3) is 0 Å². The number of hydrogen-bond donors (Lipinski definition) is 2. The second kappa shape index (κ2) is 10.3. The molecule has 0 heterocycles. The third kappa shape index (κ3) is 7.14. The third-order valence-electron chi connectivity index (χ3n) is 2.76. The van der Waals surface area contributed by atoms with E-state index in [0.717, 1.165) is 32.2 Å². The van der Waals surface area contributed by atoms with Gasteiger partial charge in [-0.15, -0.1) is 0 Å². The van der Waals surface area contributed by atoms with E-state index in [0.29, 0.717) is 12.5 Å². The Kier molecular flexibility index (Phi) is 8.47. The first-order chi connectivity index (χ1) is 9.76. The van der Waals surface area contributed by atoms with E-state index in [1.807, 2.05) is 18.2 Å². The summed E-state index contributed by atoms with van der Waals surface area (Å²) in [6.45, 7) is 10.2. The molecule has 0 aliphatic heterocycles. The number of nitrogens with one attached hydrogen (secondary N) is 2. The predicted octanol–water partition coefficient (Wildman–Crippen LogP) is 2.41. The summed E-state index contributed by atoms with van der Waals surface area (Å²) >= 11 is 0. The number of rotatable bonds is 8. The second-order valence-corrected chi connectivity index (χ2v) is 4.86. The molecule has 112 valence electrons. The standard InChI is InChI=1S/C16H27N3O/c1-4-17-16(18-5-2)19-11-14(3)12-20-13-15-9-7-6-8-10-15/h6-10,14H,4-5,11-13H2,1-3H3,(H2,17,18,19). The predicted molar refractivity (Wildman–Crippen MR) is 84.9 cm³/mol. The average Bonchev–Trinajstić information content (AvgIpc) is 2.46. The zero-order chi connectivity index (χ0) is 14.6. The molecule has 1 rings (SSSR count). The zero-order valence-corrected chi connectivity index (χ0v) is 12.9. The molecule has 4 heteroatoms. The number of nitrogens with zero attached hydrogens (tertiary/aromatic N) is 1. The molecule has 0 bridgehead atoms. The first-order valence-electron chi connectivity index (χ1n) is 7.40. The number of benzene rings is 1. The molecular weight excluding hydrogens is 250 g/mol. The van der Waals surface area contributed by atoms with Crippen LogP contribution in [0.5, 0.6) is 0 Å². The van der Waals surface area contributed by atoms with Gasteiger partial charge >= 0.3 is 0 Å². The highest BCUT2D eigenvalue weighted by molar-refractivity contribution is 5.79. The van der Waals surface area contributed by atoms with Crippen LogP contribution in [0.3, 0.4) is 0 Å². The van der Waals surface area contributed by atoms with Gasteiger partial charge in [-0.05, 0) is 25.3 Å². The van der Waals surface area contributed by atoms with Gasteiger partial charge in [-0.1, -0.05) is 37.3 Å². The minimum atomic E-state index is 0.408. The minimum absolute atomic E-state index is 0.408. The highest BCUT2D eigenvalue weighted by Crippen LogP contribution is 2.03. The Labute approximate surface area is 122 Å². The minimum Gasteiger partial charge on any atom is -0.376 e. The van der Waals surface area contributed by atoms with Gasteiger partial charge in [-0.3, -0.25) is 4.99 Å². The molecule has 0 spiro atoms. The molecule has 1 aromatic carbocycles. The topological polar surface area (TPSA) is 45.7 Å². The zero-order valence-electron chi connectivity index (χ0n) is 12.9. The summed E-state index contributed by atoms with van der Waals surface area (Å²) in [6.07, 6.45) is 0. The monoisotopic (exact) mass is 277 g/mol. The number of guanidine groups is 1. The highest BCUT2D eigenvalue weighted by Gasteiger charge is 2.03. The van der Waals surface area contributed by atoms with Gasteiger partial charge in [0.25, 0.3) is 0 Å². The fraction of sp³-hybridized carbons (Fsp3) is 0.562. The molecule has 0 aliphatic rings. The molecule has 1 unspecified atom stereocenters. The van der Waals surface area contributed by atoms with E-state index in [9.17, 15) is 0 Å². The van der Waals surface area contributed by atoms with E-state index in [1.54, 1.807) is 0 Å². The lowest BCUT2D eigenvalue weighted by atomic mass is 10.2. The van der Waals surface area contributed by atoms with Crippen molar-refractivity contribution >= 4 is 5.96 Å². The molecule has 2 N–H and O–H groups in total. The summed E-state index contributed by atoms with van der Waals surface area (Å²) < 4.78 is 5.72. The summed E-state index contributed by atoms with van der Waals surface area (Å²) in [6, 6.07) is 10.2. The van der Waals surface area contributed by atoms with Crippen LogP contribution < -0.4 is 10.6 Å². The van der Waals surface area contributed by atoms with Gasteiger partial charge in [-0.2, -0.15) is 0 Å². The Morgan fingerprint density at radius 1 is 1.15 bits per heavy atom. The lowest BCUT2D eigenvalue weighted by molar-refractivity contribution is 0.0945. The fourth-order valence-corrected chi connectivity index (χ4v) is 1.76. The van der Waals surface area contributed by atoms with Gasteiger partial charge in [0.2, 0.25) is 0 Å². The van der Waals surface area contributed by atoms with Gasteiger partial charge in [0.15, 0.2) is 5.96 Å². The van der Waals surface area contributed by atoms with Crippen molar-refractivity contribution < 1.29 is 4.74 Å². The third-order valence-corrected chi connectivity index (χ3v) is 2.76. The van der Waals surface area contributed by atoms with Gasteiger partial charge in [0.1, 0.15) is 0 Å². The fourth-order valence-electron chi connectivity index (χ4n) is 1.76. The SMILES string of the molecule is CCNC(=NCC(C)COCc1ccccc1)NCC. The number of hydrogen-bond acceptors (Lipinski definition) is 2. The van der Waals surface area contributed by atoms with E-state index in [4.69, 9.17) is 4.74 Å². The summed E-state index contributed by atoms with van der Waals surface area (Å²) in [7, 11) is 0. The smallest absolute Gasteiger partial charge is 0.191 e. The summed E-state index contributed by atoms with van der Waals surface area (Å²) in [4.78, 5) is 4.54. The molecule has 20 heavy (non-hydrogen) atoms. The van der Waals surface area contributed by atoms with Crippen LogP contribution >= 0.6 is 0 Å². The lowest BCUT2D eigenvalue weighted by Gasteiger charge is -2.13. The van der Waals surface area contributed by atoms with Crippen molar-refractivity contribution in [2.75, 3.05) is 26.2 Å². The second-order valence-electron chi connectivity index (χ2n) is 4.86. The quantitative estimate of drug-likeness (QED) is 0.566. The van der Waals surface area contributed by atoms with Gasteiger partial charge in [0.05, 0.1) is 13.2 Å². The maximum absolute atomic E-state index is 5.72. The van der Waals surface area contributed by atoms with Crippen LogP contribution in [-0.4, -0.2) is 32.2 Å². The maximum atomic E-state index is 5.72. The first kappa shape index (κ1) is 16.5. The molecule has 4 nitrogen and oxygen atoms in total. The Morgan fingerprint density at radius 2 is 1.80 bits per heavy atom. The van der Waals surface area contributed by atoms with Crippen molar-refractivity contribution in [3.05, 3.63) is 35.9 Å². The molecule has 0 radical (unpaired) electrons. The van der Waals surface area contributed by atoms with Crippen LogP contribution in [0.1, 0.15) is 26.3 Å². The molecule has 0 amide bonds. The first-order valence-corrected chi connectivity index (χ1v) is 7.40. The normalized spacial score (nSPS) is 11.8. The highest BCUT2D eigenvalue weighted by atomic mass is 16.5. The van der Waals surface area contributed by atoms with Crippen LogP contribution in [-0.2, 0) is 11.3 Å². The van der Waals surface area contributed by atoms with Crippen molar-refractivity contribution in [2.45, 2.75) is 27.4 Å².